The summed E-state index contributed by atoms with van der Waals surface area (Å²) in [4.78, 5) is 5.37. The highest BCUT2D eigenvalue weighted by Crippen LogP contribution is 2.46. The number of piperidine rings is 1. The lowest BCUT2D eigenvalue weighted by molar-refractivity contribution is -0.225. The van der Waals surface area contributed by atoms with E-state index in [9.17, 15) is 0 Å². The summed E-state index contributed by atoms with van der Waals surface area (Å²) < 4.78 is 12.3. The number of hydrogen-bond acceptors (Lipinski definition) is 4. The first-order chi connectivity index (χ1) is 11.8. The van der Waals surface area contributed by atoms with Crippen molar-refractivity contribution in [2.75, 3.05) is 39.4 Å². The summed E-state index contributed by atoms with van der Waals surface area (Å²) in [7, 11) is 0. The number of morpholine rings is 1. The van der Waals surface area contributed by atoms with Crippen molar-refractivity contribution in [3.63, 3.8) is 0 Å². The maximum absolute atomic E-state index is 6.15. The summed E-state index contributed by atoms with van der Waals surface area (Å²) in [5.74, 6) is 0. The Morgan fingerprint density at radius 3 is 2.48 bits per heavy atom. The van der Waals surface area contributed by atoms with Crippen LogP contribution in [0.4, 0.5) is 0 Å². The molecule has 3 unspecified atom stereocenters. The van der Waals surface area contributed by atoms with Crippen molar-refractivity contribution in [2.24, 2.45) is 5.41 Å². The van der Waals surface area contributed by atoms with Gasteiger partial charge in [0.25, 0.3) is 0 Å². The molecule has 144 valence electrons. The van der Waals surface area contributed by atoms with Crippen LogP contribution in [0, 0.1) is 5.41 Å². The molecule has 4 heteroatoms. The predicted octanol–water partition coefficient (Wildman–Crippen LogP) is 3.30. The summed E-state index contributed by atoms with van der Waals surface area (Å²) in [6, 6.07) is 0.605. The van der Waals surface area contributed by atoms with Crippen LogP contribution in [0.5, 0.6) is 0 Å². The first-order valence-corrected chi connectivity index (χ1v) is 10.6. The van der Waals surface area contributed by atoms with Crippen molar-refractivity contribution in [2.45, 2.75) is 89.5 Å². The summed E-state index contributed by atoms with van der Waals surface area (Å²) in [6.07, 6.45) is 8.19. The van der Waals surface area contributed by atoms with Gasteiger partial charge in [0.05, 0.1) is 24.9 Å². The van der Waals surface area contributed by atoms with Crippen LogP contribution in [-0.4, -0.2) is 72.5 Å². The maximum atomic E-state index is 6.15. The Morgan fingerprint density at radius 2 is 1.88 bits per heavy atom. The lowest BCUT2D eigenvalue weighted by atomic mass is 9.69. The number of nitrogens with zero attached hydrogens (tertiary/aromatic N) is 2. The Hall–Kier alpha value is -0.160. The van der Waals surface area contributed by atoms with Crippen LogP contribution in [0.2, 0.25) is 0 Å². The molecular weight excluding hydrogens is 312 g/mol. The molecule has 0 radical (unpaired) electrons. The lowest BCUT2D eigenvalue weighted by Gasteiger charge is -2.57. The molecule has 0 aromatic carbocycles. The lowest BCUT2D eigenvalue weighted by Crippen LogP contribution is -2.64. The molecule has 1 aliphatic carbocycles. The second kappa shape index (κ2) is 6.47. The van der Waals surface area contributed by atoms with E-state index < -0.39 is 0 Å². The molecule has 25 heavy (non-hydrogen) atoms. The topological polar surface area (TPSA) is 24.9 Å². The highest BCUT2D eigenvalue weighted by Gasteiger charge is 2.52. The van der Waals surface area contributed by atoms with Gasteiger partial charge in [0, 0.05) is 36.6 Å². The number of rotatable bonds is 3. The van der Waals surface area contributed by atoms with Crippen molar-refractivity contribution >= 4 is 0 Å². The molecule has 3 saturated heterocycles. The van der Waals surface area contributed by atoms with Crippen LogP contribution in [0.3, 0.4) is 0 Å². The molecular formula is C21H38N2O2. The molecule has 0 N–H and O–H groups in total. The quantitative estimate of drug-likeness (QED) is 0.780. The fraction of sp³-hybridized carbons (Fsp3) is 1.00. The van der Waals surface area contributed by atoms with E-state index in [1.54, 1.807) is 0 Å². The second-order valence-corrected chi connectivity index (χ2v) is 10.3. The van der Waals surface area contributed by atoms with Crippen molar-refractivity contribution in [3.8, 4) is 0 Å². The fourth-order valence-electron chi connectivity index (χ4n) is 5.45. The third kappa shape index (κ3) is 3.40. The van der Waals surface area contributed by atoms with Gasteiger partial charge in [0.2, 0.25) is 0 Å². The van der Waals surface area contributed by atoms with Gasteiger partial charge in [-0.1, -0.05) is 0 Å². The van der Waals surface area contributed by atoms with Gasteiger partial charge in [0.1, 0.15) is 0 Å². The highest BCUT2D eigenvalue weighted by atomic mass is 16.5. The van der Waals surface area contributed by atoms with Crippen LogP contribution in [0.15, 0.2) is 0 Å². The number of likely N-dealkylation sites (tertiary alicyclic amines) is 1. The summed E-state index contributed by atoms with van der Waals surface area (Å²) in [5.41, 5.74) is 0.902. The van der Waals surface area contributed by atoms with Gasteiger partial charge in [0.15, 0.2) is 0 Å². The molecule has 1 saturated carbocycles. The van der Waals surface area contributed by atoms with Crippen LogP contribution in [0.25, 0.3) is 0 Å². The highest BCUT2D eigenvalue weighted by molar-refractivity contribution is 5.03. The molecule has 2 spiro atoms. The SMILES string of the molecule is CC(CC1OCC12CCCN(C(C)(C)C)C2)N1CCOC2(CCC2)C1. The summed E-state index contributed by atoms with van der Waals surface area (Å²) >= 11 is 0. The van der Waals surface area contributed by atoms with Gasteiger partial charge in [-0.05, 0) is 72.8 Å². The molecule has 0 bridgehead atoms. The summed E-state index contributed by atoms with van der Waals surface area (Å²) in [5, 5.41) is 0. The fourth-order valence-corrected chi connectivity index (χ4v) is 5.45. The van der Waals surface area contributed by atoms with E-state index in [1.807, 2.05) is 0 Å². The normalized spacial score (nSPS) is 37.7. The molecule has 4 nitrogen and oxygen atoms in total. The van der Waals surface area contributed by atoms with Gasteiger partial charge in [-0.15, -0.1) is 0 Å². The smallest absolute Gasteiger partial charge is 0.0809 e. The summed E-state index contributed by atoms with van der Waals surface area (Å²) in [6.45, 7) is 16.1. The van der Waals surface area contributed by atoms with E-state index in [4.69, 9.17) is 9.47 Å². The van der Waals surface area contributed by atoms with E-state index in [0.717, 1.165) is 26.3 Å². The maximum Gasteiger partial charge on any atom is 0.0809 e. The van der Waals surface area contributed by atoms with Gasteiger partial charge in [-0.25, -0.2) is 0 Å². The zero-order chi connectivity index (χ0) is 17.7. The molecule has 0 aromatic heterocycles. The van der Waals surface area contributed by atoms with Crippen molar-refractivity contribution in [1.29, 1.82) is 0 Å². The minimum absolute atomic E-state index is 0.207. The monoisotopic (exact) mass is 350 g/mol. The molecule has 4 fully saturated rings. The Balaban J connectivity index is 1.36. The minimum Gasteiger partial charge on any atom is -0.377 e. The zero-order valence-corrected chi connectivity index (χ0v) is 16.9. The first kappa shape index (κ1) is 18.2. The molecule has 3 aliphatic heterocycles. The van der Waals surface area contributed by atoms with Crippen molar-refractivity contribution in [3.05, 3.63) is 0 Å². The zero-order valence-electron chi connectivity index (χ0n) is 16.9. The van der Waals surface area contributed by atoms with Crippen LogP contribution in [0.1, 0.15) is 66.2 Å². The van der Waals surface area contributed by atoms with Crippen molar-refractivity contribution < 1.29 is 9.47 Å². The third-order valence-electron chi connectivity index (χ3n) is 7.53. The first-order valence-electron chi connectivity index (χ1n) is 10.6. The predicted molar refractivity (Wildman–Crippen MR) is 101 cm³/mol. The molecule has 4 aliphatic rings. The van der Waals surface area contributed by atoms with Crippen molar-refractivity contribution in [1.82, 2.24) is 9.80 Å². The van der Waals surface area contributed by atoms with Crippen LogP contribution >= 0.6 is 0 Å². The van der Waals surface area contributed by atoms with E-state index in [1.165, 1.54) is 51.6 Å². The Labute approximate surface area is 154 Å². The standard InChI is InChI=1S/C21H38N2O2/c1-17(22-11-12-25-21(15-22)8-5-9-21)13-18-20(16-24-18)7-6-10-23(14-20)19(2,3)4/h17-18H,5-16H2,1-4H3. The van der Waals surface area contributed by atoms with Crippen LogP contribution in [-0.2, 0) is 9.47 Å². The minimum atomic E-state index is 0.207. The van der Waals surface area contributed by atoms with E-state index in [2.05, 4.69) is 37.5 Å². The number of hydrogen-bond donors (Lipinski definition) is 0. The van der Waals surface area contributed by atoms with Gasteiger partial charge >= 0.3 is 0 Å². The average Bonchev–Trinajstić information content (AvgIpc) is 2.56. The Kier molecular flexibility index (Phi) is 4.71. The van der Waals surface area contributed by atoms with Gasteiger partial charge in [-0.2, -0.15) is 0 Å². The number of ether oxygens (including phenoxy) is 2. The molecule has 0 amide bonds. The average molecular weight is 351 g/mol. The molecule has 3 heterocycles. The van der Waals surface area contributed by atoms with E-state index in [0.29, 0.717) is 17.6 Å². The van der Waals surface area contributed by atoms with Gasteiger partial charge < -0.3 is 9.47 Å². The molecule has 4 rings (SSSR count). The van der Waals surface area contributed by atoms with E-state index in [-0.39, 0.29) is 11.1 Å². The largest absolute Gasteiger partial charge is 0.377 e. The molecule has 3 atom stereocenters. The van der Waals surface area contributed by atoms with Gasteiger partial charge in [-0.3, -0.25) is 9.80 Å². The second-order valence-electron chi connectivity index (χ2n) is 10.3. The third-order valence-corrected chi connectivity index (χ3v) is 7.53. The Bertz CT molecular complexity index is 485. The Morgan fingerprint density at radius 1 is 1.08 bits per heavy atom. The van der Waals surface area contributed by atoms with E-state index >= 15 is 0 Å². The molecule has 0 aromatic rings. The van der Waals surface area contributed by atoms with Crippen LogP contribution < -0.4 is 0 Å².